The molecule has 1 unspecified atom stereocenters. The average Bonchev–Trinajstić information content (AvgIpc) is 2.40. The third kappa shape index (κ3) is 3.29. The Hall–Kier alpha value is -1.42. The zero-order chi connectivity index (χ0) is 13.0. The third-order valence-corrected chi connectivity index (χ3v) is 3.37. The standard InChI is InChI=1S/C14H19FN2O/c1-17(10-11-3-2-8-16-9-11)14(18)12-4-6-13(15)7-5-12/h4-7,11,16H,2-3,8-10H2,1H3. The number of amides is 1. The molecule has 1 aromatic rings. The second kappa shape index (κ2) is 5.96. The molecule has 0 radical (unpaired) electrons. The molecule has 1 N–H and O–H groups in total. The van der Waals surface area contributed by atoms with Crippen molar-refractivity contribution in [3.63, 3.8) is 0 Å². The first kappa shape index (κ1) is 13.0. The number of nitrogens with zero attached hydrogens (tertiary/aromatic N) is 1. The van der Waals surface area contributed by atoms with Gasteiger partial charge in [0.05, 0.1) is 0 Å². The van der Waals surface area contributed by atoms with Crippen LogP contribution in [0.2, 0.25) is 0 Å². The number of benzene rings is 1. The number of piperidine rings is 1. The van der Waals surface area contributed by atoms with E-state index in [0.29, 0.717) is 11.5 Å². The lowest BCUT2D eigenvalue weighted by Gasteiger charge is -2.27. The minimum Gasteiger partial charge on any atom is -0.341 e. The molecule has 0 spiro atoms. The summed E-state index contributed by atoms with van der Waals surface area (Å²) >= 11 is 0. The monoisotopic (exact) mass is 250 g/mol. The molecule has 1 fully saturated rings. The van der Waals surface area contributed by atoms with Gasteiger partial charge >= 0.3 is 0 Å². The lowest BCUT2D eigenvalue weighted by molar-refractivity contribution is 0.0764. The molecule has 3 nitrogen and oxygen atoms in total. The van der Waals surface area contributed by atoms with Crippen LogP contribution in [0.1, 0.15) is 23.2 Å². The van der Waals surface area contributed by atoms with E-state index in [1.807, 2.05) is 0 Å². The fraction of sp³-hybridized carbons (Fsp3) is 0.500. The molecule has 1 heterocycles. The molecule has 0 bridgehead atoms. The van der Waals surface area contributed by atoms with Crippen LogP contribution in [-0.2, 0) is 0 Å². The molecular weight excluding hydrogens is 231 g/mol. The molecule has 0 saturated carbocycles. The van der Waals surface area contributed by atoms with Crippen LogP contribution in [0.15, 0.2) is 24.3 Å². The number of halogens is 1. The molecule has 0 aliphatic carbocycles. The highest BCUT2D eigenvalue weighted by Crippen LogP contribution is 2.13. The summed E-state index contributed by atoms with van der Waals surface area (Å²) in [5.74, 6) is 0.166. The summed E-state index contributed by atoms with van der Waals surface area (Å²) in [5.41, 5.74) is 0.544. The summed E-state index contributed by atoms with van der Waals surface area (Å²) < 4.78 is 12.8. The Morgan fingerprint density at radius 1 is 1.44 bits per heavy atom. The van der Waals surface area contributed by atoms with Crippen molar-refractivity contribution in [3.05, 3.63) is 35.6 Å². The van der Waals surface area contributed by atoms with Gasteiger partial charge in [-0.25, -0.2) is 4.39 Å². The fourth-order valence-corrected chi connectivity index (χ4v) is 2.36. The average molecular weight is 250 g/mol. The Balaban J connectivity index is 1.93. The quantitative estimate of drug-likeness (QED) is 0.888. The number of hydrogen-bond acceptors (Lipinski definition) is 2. The summed E-state index contributed by atoms with van der Waals surface area (Å²) in [6, 6.07) is 5.72. The van der Waals surface area contributed by atoms with E-state index >= 15 is 0 Å². The summed E-state index contributed by atoms with van der Waals surface area (Å²) in [6.07, 6.45) is 2.33. The predicted molar refractivity (Wildman–Crippen MR) is 69.0 cm³/mol. The lowest BCUT2D eigenvalue weighted by Crippen LogP contribution is -2.39. The first-order valence-electron chi connectivity index (χ1n) is 6.38. The summed E-state index contributed by atoms with van der Waals surface area (Å²) in [4.78, 5) is 13.8. The van der Waals surface area contributed by atoms with Crippen molar-refractivity contribution >= 4 is 5.91 Å². The minimum absolute atomic E-state index is 0.0411. The van der Waals surface area contributed by atoms with Crippen LogP contribution in [0.25, 0.3) is 0 Å². The van der Waals surface area contributed by atoms with Gasteiger partial charge in [0.2, 0.25) is 0 Å². The number of carbonyl (C=O) groups excluding carboxylic acids is 1. The Labute approximate surface area is 107 Å². The maximum Gasteiger partial charge on any atom is 0.253 e. The van der Waals surface area contributed by atoms with Gasteiger partial charge < -0.3 is 10.2 Å². The van der Waals surface area contributed by atoms with Gasteiger partial charge in [0.15, 0.2) is 0 Å². The highest BCUT2D eigenvalue weighted by atomic mass is 19.1. The highest BCUT2D eigenvalue weighted by molar-refractivity contribution is 5.94. The van der Waals surface area contributed by atoms with Crippen LogP contribution in [0.4, 0.5) is 4.39 Å². The highest BCUT2D eigenvalue weighted by Gasteiger charge is 2.18. The summed E-state index contributed by atoms with van der Waals surface area (Å²) in [7, 11) is 1.81. The molecule has 4 heteroatoms. The van der Waals surface area contributed by atoms with Gasteiger partial charge in [-0.2, -0.15) is 0 Å². The van der Waals surface area contributed by atoms with Crippen molar-refractivity contribution in [2.45, 2.75) is 12.8 Å². The molecule has 1 atom stereocenters. The maximum absolute atomic E-state index is 12.8. The van der Waals surface area contributed by atoms with E-state index in [1.54, 1.807) is 11.9 Å². The van der Waals surface area contributed by atoms with Gasteiger partial charge in [-0.05, 0) is 56.1 Å². The zero-order valence-electron chi connectivity index (χ0n) is 10.7. The summed E-state index contributed by atoms with van der Waals surface area (Å²) in [5, 5.41) is 3.34. The van der Waals surface area contributed by atoms with Gasteiger partial charge in [-0.1, -0.05) is 0 Å². The number of rotatable bonds is 3. The summed E-state index contributed by atoms with van der Waals surface area (Å²) in [6.45, 7) is 2.80. The van der Waals surface area contributed by atoms with E-state index < -0.39 is 0 Å². The van der Waals surface area contributed by atoms with Crippen LogP contribution in [0.5, 0.6) is 0 Å². The largest absolute Gasteiger partial charge is 0.341 e. The van der Waals surface area contributed by atoms with Gasteiger partial charge in [-0.3, -0.25) is 4.79 Å². The first-order valence-corrected chi connectivity index (χ1v) is 6.38. The fourth-order valence-electron chi connectivity index (χ4n) is 2.36. The molecule has 1 amide bonds. The van der Waals surface area contributed by atoms with E-state index in [1.165, 1.54) is 30.7 Å². The Kier molecular flexibility index (Phi) is 4.31. The molecule has 0 aromatic heterocycles. The van der Waals surface area contributed by atoms with Gasteiger partial charge in [0.25, 0.3) is 5.91 Å². The van der Waals surface area contributed by atoms with E-state index in [0.717, 1.165) is 26.1 Å². The smallest absolute Gasteiger partial charge is 0.253 e. The van der Waals surface area contributed by atoms with Crippen LogP contribution in [0.3, 0.4) is 0 Å². The third-order valence-electron chi connectivity index (χ3n) is 3.37. The van der Waals surface area contributed by atoms with Gasteiger partial charge in [0, 0.05) is 19.2 Å². The van der Waals surface area contributed by atoms with E-state index in [4.69, 9.17) is 0 Å². The molecule has 1 aliphatic rings. The van der Waals surface area contributed by atoms with Crippen molar-refractivity contribution in [2.75, 3.05) is 26.7 Å². The van der Waals surface area contributed by atoms with E-state index in [-0.39, 0.29) is 11.7 Å². The second-order valence-corrected chi connectivity index (χ2v) is 4.90. The molecule has 98 valence electrons. The molecule has 1 aliphatic heterocycles. The maximum atomic E-state index is 12.8. The first-order chi connectivity index (χ1) is 8.66. The molecular formula is C14H19FN2O. The SMILES string of the molecule is CN(CC1CCCNC1)C(=O)c1ccc(F)cc1. The van der Waals surface area contributed by atoms with E-state index in [2.05, 4.69) is 5.32 Å². The van der Waals surface area contributed by atoms with Crippen molar-refractivity contribution in [1.82, 2.24) is 10.2 Å². The normalized spacial score (nSPS) is 19.6. The zero-order valence-corrected chi connectivity index (χ0v) is 10.7. The van der Waals surface area contributed by atoms with E-state index in [9.17, 15) is 9.18 Å². The van der Waals surface area contributed by atoms with Crippen LogP contribution in [-0.4, -0.2) is 37.5 Å². The number of nitrogens with one attached hydrogen (secondary N) is 1. The predicted octanol–water partition coefficient (Wildman–Crippen LogP) is 1.90. The Morgan fingerprint density at radius 2 is 2.17 bits per heavy atom. The Bertz CT molecular complexity index is 399. The Morgan fingerprint density at radius 3 is 2.78 bits per heavy atom. The van der Waals surface area contributed by atoms with Crippen LogP contribution >= 0.6 is 0 Å². The second-order valence-electron chi connectivity index (χ2n) is 4.90. The molecule has 1 aromatic carbocycles. The number of carbonyl (C=O) groups is 1. The minimum atomic E-state index is -0.314. The van der Waals surface area contributed by atoms with Crippen molar-refractivity contribution in [2.24, 2.45) is 5.92 Å². The molecule has 2 rings (SSSR count). The lowest BCUT2D eigenvalue weighted by atomic mass is 9.99. The number of hydrogen-bond donors (Lipinski definition) is 1. The van der Waals surface area contributed by atoms with Gasteiger partial charge in [-0.15, -0.1) is 0 Å². The molecule has 1 saturated heterocycles. The topological polar surface area (TPSA) is 32.3 Å². The van der Waals surface area contributed by atoms with Crippen LogP contribution < -0.4 is 5.32 Å². The van der Waals surface area contributed by atoms with Crippen molar-refractivity contribution in [1.29, 1.82) is 0 Å². The van der Waals surface area contributed by atoms with Gasteiger partial charge in [0.1, 0.15) is 5.82 Å². The van der Waals surface area contributed by atoms with Crippen molar-refractivity contribution in [3.8, 4) is 0 Å². The van der Waals surface area contributed by atoms with Crippen LogP contribution in [0, 0.1) is 11.7 Å². The van der Waals surface area contributed by atoms with Crippen molar-refractivity contribution < 1.29 is 9.18 Å². The molecule has 18 heavy (non-hydrogen) atoms.